The predicted molar refractivity (Wildman–Crippen MR) is 109 cm³/mol. The monoisotopic (exact) mass is 383 g/mol. The molecule has 1 aromatic carbocycles. The van der Waals surface area contributed by atoms with Crippen molar-refractivity contribution in [2.45, 2.75) is 52.1 Å². The molecule has 0 N–H and O–H groups in total. The Hall–Kier alpha value is -2.07. The summed E-state index contributed by atoms with van der Waals surface area (Å²) in [5, 5.41) is 5.15. The molecule has 2 saturated carbocycles. The van der Waals surface area contributed by atoms with Crippen LogP contribution in [0.3, 0.4) is 0 Å². The van der Waals surface area contributed by atoms with Gasteiger partial charge in [0.15, 0.2) is 0 Å². The zero-order valence-electron chi connectivity index (χ0n) is 16.0. The highest BCUT2D eigenvalue weighted by Gasteiger charge is 2.35. The minimum Gasteiger partial charge on any atom is -0.336 e. The highest BCUT2D eigenvalue weighted by Crippen LogP contribution is 2.35. The van der Waals surface area contributed by atoms with Crippen LogP contribution in [-0.4, -0.2) is 33.2 Å². The average Bonchev–Trinajstić information content (AvgIpc) is 3.54. The summed E-state index contributed by atoms with van der Waals surface area (Å²) in [5.74, 6) is 0.816. The fourth-order valence-corrected chi connectivity index (χ4v) is 3.66. The van der Waals surface area contributed by atoms with Crippen LogP contribution in [0.15, 0.2) is 30.3 Å². The van der Waals surface area contributed by atoms with Crippen molar-refractivity contribution >= 4 is 23.6 Å². The van der Waals surface area contributed by atoms with E-state index in [1.807, 2.05) is 17.9 Å². The lowest BCUT2D eigenvalue weighted by Gasteiger charge is -2.20. The van der Waals surface area contributed by atoms with Gasteiger partial charge in [-0.05, 0) is 57.1 Å². The van der Waals surface area contributed by atoms with E-state index in [9.17, 15) is 4.79 Å². The van der Waals surface area contributed by atoms with Gasteiger partial charge in [-0.25, -0.2) is 4.68 Å². The van der Waals surface area contributed by atoms with E-state index in [1.165, 1.54) is 18.4 Å². The van der Waals surface area contributed by atoms with Crippen molar-refractivity contribution < 1.29 is 4.79 Å². The van der Waals surface area contributed by atoms with Crippen LogP contribution in [0, 0.1) is 19.8 Å². The molecule has 2 aliphatic carbocycles. The number of aryl methyl sites for hydroxylation is 2. The van der Waals surface area contributed by atoms with Crippen molar-refractivity contribution in [3.05, 3.63) is 57.9 Å². The van der Waals surface area contributed by atoms with Crippen molar-refractivity contribution in [1.29, 1.82) is 0 Å². The molecule has 0 spiro atoms. The summed E-state index contributed by atoms with van der Waals surface area (Å²) in [7, 11) is 0. The number of rotatable bonds is 7. The lowest BCUT2D eigenvalue weighted by molar-refractivity contribution is -0.126. The maximum Gasteiger partial charge on any atom is 0.246 e. The summed E-state index contributed by atoms with van der Waals surface area (Å²) < 4.78 is 1.80. The molecule has 0 saturated heterocycles. The third-order valence-corrected chi connectivity index (χ3v) is 5.78. The first-order valence-corrected chi connectivity index (χ1v) is 10.2. The van der Waals surface area contributed by atoms with Crippen LogP contribution in [0.4, 0.5) is 0 Å². The van der Waals surface area contributed by atoms with Crippen LogP contribution in [0.25, 0.3) is 6.08 Å². The van der Waals surface area contributed by atoms with Gasteiger partial charge in [-0.3, -0.25) is 4.79 Å². The second kappa shape index (κ2) is 7.51. The van der Waals surface area contributed by atoms with Crippen molar-refractivity contribution in [3.63, 3.8) is 0 Å². The van der Waals surface area contributed by atoms with Crippen LogP contribution in [0.2, 0.25) is 5.15 Å². The Bertz CT molecular complexity index is 860. The second-order valence-corrected chi connectivity index (χ2v) is 8.29. The highest BCUT2D eigenvalue weighted by atomic mass is 35.5. The van der Waals surface area contributed by atoms with Gasteiger partial charge in [0.2, 0.25) is 5.91 Å². The highest BCUT2D eigenvalue weighted by molar-refractivity contribution is 6.31. The molecule has 27 heavy (non-hydrogen) atoms. The minimum absolute atomic E-state index is 0.103. The number of halogens is 1. The molecule has 2 fully saturated rings. The molecular weight excluding hydrogens is 358 g/mol. The third-order valence-electron chi connectivity index (χ3n) is 5.38. The molecule has 4 rings (SSSR count). The van der Waals surface area contributed by atoms with Crippen molar-refractivity contribution in [3.8, 4) is 0 Å². The Balaban J connectivity index is 1.48. The maximum absolute atomic E-state index is 12.7. The summed E-state index contributed by atoms with van der Waals surface area (Å²) in [4.78, 5) is 14.7. The molecule has 0 unspecified atom stereocenters. The number of carbonyl (C=O) groups is 1. The number of aromatic nitrogens is 2. The van der Waals surface area contributed by atoms with E-state index in [4.69, 9.17) is 11.6 Å². The molecular formula is C22H26ClN3O. The first-order valence-electron chi connectivity index (χ1n) is 9.78. The summed E-state index contributed by atoms with van der Waals surface area (Å²) in [6.45, 7) is 5.54. The molecule has 142 valence electrons. The van der Waals surface area contributed by atoms with Gasteiger partial charge in [0.05, 0.1) is 12.2 Å². The summed E-state index contributed by atoms with van der Waals surface area (Å²) in [6, 6.07) is 8.81. The van der Waals surface area contributed by atoms with Crippen molar-refractivity contribution in [1.82, 2.24) is 14.7 Å². The first-order chi connectivity index (χ1) is 13.0. The summed E-state index contributed by atoms with van der Waals surface area (Å²) >= 11 is 6.57. The first kappa shape index (κ1) is 18.3. The quantitative estimate of drug-likeness (QED) is 0.654. The lowest BCUT2D eigenvalue weighted by atomic mass is 10.1. The molecule has 0 bridgehead atoms. The van der Waals surface area contributed by atoms with Crippen molar-refractivity contribution in [2.75, 3.05) is 6.54 Å². The van der Waals surface area contributed by atoms with E-state index >= 15 is 0 Å². The molecule has 5 heteroatoms. The lowest BCUT2D eigenvalue weighted by Crippen LogP contribution is -2.33. The fraction of sp³-hybridized carbons (Fsp3) is 0.455. The Kier molecular flexibility index (Phi) is 5.09. The Morgan fingerprint density at radius 2 is 1.93 bits per heavy atom. The molecule has 0 atom stereocenters. The number of benzene rings is 1. The maximum atomic E-state index is 12.7. The van der Waals surface area contributed by atoms with Crippen molar-refractivity contribution in [2.24, 2.45) is 5.92 Å². The Morgan fingerprint density at radius 1 is 1.22 bits per heavy atom. The van der Waals surface area contributed by atoms with Gasteiger partial charge in [-0.1, -0.05) is 41.4 Å². The van der Waals surface area contributed by atoms with Crippen LogP contribution < -0.4 is 0 Å². The fourth-order valence-electron chi connectivity index (χ4n) is 3.36. The number of nitrogens with zero attached hydrogens (tertiary/aromatic N) is 3. The molecule has 0 aliphatic heterocycles. The normalized spacial score (nSPS) is 16.9. The number of hydrogen-bond donors (Lipinski definition) is 0. The molecule has 1 aromatic heterocycles. The SMILES string of the molecule is Cc1ccc(Cn2nc(C)c(/C=C/C(=O)N(CC3CC3)C3CC3)c2Cl)cc1. The van der Waals surface area contributed by atoms with Gasteiger partial charge in [0.1, 0.15) is 5.15 Å². The molecule has 2 aromatic rings. The molecule has 1 amide bonds. The van der Waals surface area contributed by atoms with E-state index in [0.717, 1.165) is 36.2 Å². The zero-order valence-corrected chi connectivity index (χ0v) is 16.7. The predicted octanol–water partition coefficient (Wildman–Crippen LogP) is 4.62. The van der Waals surface area contributed by atoms with E-state index < -0.39 is 0 Å². The van der Waals surface area contributed by atoms with Crippen LogP contribution in [0.5, 0.6) is 0 Å². The minimum atomic E-state index is 0.103. The van der Waals surface area contributed by atoms with Crippen LogP contribution in [-0.2, 0) is 11.3 Å². The van der Waals surface area contributed by atoms with Gasteiger partial charge in [0, 0.05) is 24.2 Å². The van der Waals surface area contributed by atoms with Gasteiger partial charge in [-0.15, -0.1) is 0 Å². The Labute approximate surface area is 165 Å². The van der Waals surface area contributed by atoms with Gasteiger partial charge < -0.3 is 4.90 Å². The zero-order chi connectivity index (χ0) is 19.0. The molecule has 0 radical (unpaired) electrons. The van der Waals surface area contributed by atoms with E-state index in [2.05, 4.69) is 36.3 Å². The summed E-state index contributed by atoms with van der Waals surface area (Å²) in [6.07, 6.45) is 8.31. The van der Waals surface area contributed by atoms with Gasteiger partial charge >= 0.3 is 0 Å². The van der Waals surface area contributed by atoms with Gasteiger partial charge in [0.25, 0.3) is 0 Å². The third kappa shape index (κ3) is 4.44. The van der Waals surface area contributed by atoms with Gasteiger partial charge in [-0.2, -0.15) is 5.10 Å². The molecule has 4 nitrogen and oxygen atoms in total. The number of hydrogen-bond acceptors (Lipinski definition) is 2. The summed E-state index contributed by atoms with van der Waals surface area (Å²) in [5.41, 5.74) is 4.06. The van der Waals surface area contributed by atoms with E-state index in [1.54, 1.807) is 10.8 Å². The molecule has 2 aliphatic rings. The van der Waals surface area contributed by atoms with E-state index in [-0.39, 0.29) is 5.91 Å². The second-order valence-electron chi connectivity index (χ2n) is 7.93. The topological polar surface area (TPSA) is 38.1 Å². The Morgan fingerprint density at radius 3 is 2.56 bits per heavy atom. The smallest absolute Gasteiger partial charge is 0.246 e. The largest absolute Gasteiger partial charge is 0.336 e. The molecule has 1 heterocycles. The van der Waals surface area contributed by atoms with Crippen LogP contribution >= 0.6 is 11.6 Å². The van der Waals surface area contributed by atoms with Crippen LogP contribution in [0.1, 0.15) is 48.1 Å². The average molecular weight is 384 g/mol. The number of amides is 1. The van der Waals surface area contributed by atoms with E-state index in [0.29, 0.717) is 23.7 Å². The number of carbonyl (C=O) groups excluding carboxylic acids is 1. The standard InChI is InChI=1S/C22H26ClN3O/c1-15-3-5-18(6-4-15)14-26-22(23)20(16(2)24-26)11-12-21(27)25(19-9-10-19)13-17-7-8-17/h3-6,11-12,17,19H,7-10,13-14H2,1-2H3/b12-11+.